The van der Waals surface area contributed by atoms with Crippen molar-refractivity contribution in [2.45, 2.75) is 70.4 Å². The molecule has 0 aliphatic heterocycles. The van der Waals surface area contributed by atoms with Crippen molar-refractivity contribution in [1.29, 1.82) is 0 Å². The van der Waals surface area contributed by atoms with E-state index in [0.29, 0.717) is 12.2 Å². The first kappa shape index (κ1) is 29.1. The highest BCUT2D eigenvalue weighted by Gasteiger charge is 2.51. The molecule has 4 fully saturated rings. The molecule has 0 spiro atoms. The van der Waals surface area contributed by atoms with Crippen molar-refractivity contribution in [2.75, 3.05) is 23.7 Å². The van der Waals surface area contributed by atoms with Crippen LogP contribution in [0.5, 0.6) is 0 Å². The molecule has 0 saturated heterocycles. The minimum absolute atomic E-state index is 0.187. The highest BCUT2D eigenvalue weighted by atomic mass is 79.9. The summed E-state index contributed by atoms with van der Waals surface area (Å²) in [4.78, 5) is 27.9. The second-order valence-electron chi connectivity index (χ2n) is 12.2. The Bertz CT molecular complexity index is 1310. The molecule has 2 amide bonds. The first-order valence-corrected chi connectivity index (χ1v) is 17.0. The molecule has 9 heteroatoms. The summed E-state index contributed by atoms with van der Waals surface area (Å²) in [5, 5.41) is 2.78. The molecule has 0 heterocycles. The Labute approximate surface area is 246 Å². The van der Waals surface area contributed by atoms with E-state index in [1.807, 2.05) is 43.3 Å². The molecule has 7 nitrogen and oxygen atoms in total. The second kappa shape index (κ2) is 11.5. The summed E-state index contributed by atoms with van der Waals surface area (Å²) in [5.41, 5.74) is 2.83. The number of anilines is 1. The van der Waals surface area contributed by atoms with Gasteiger partial charge < -0.3 is 10.2 Å². The Morgan fingerprint density at radius 2 is 1.52 bits per heavy atom. The van der Waals surface area contributed by atoms with Crippen LogP contribution in [0.2, 0.25) is 0 Å². The van der Waals surface area contributed by atoms with Crippen LogP contribution in [0.15, 0.2) is 53.0 Å². The van der Waals surface area contributed by atoms with E-state index in [4.69, 9.17) is 0 Å². The molecular weight excluding hydrogens is 590 g/mol. The van der Waals surface area contributed by atoms with Crippen LogP contribution in [0, 0.1) is 17.8 Å². The number of hydrogen-bond donors (Lipinski definition) is 1. The summed E-state index contributed by atoms with van der Waals surface area (Å²) in [6.45, 7) is 3.74. The minimum Gasteiger partial charge on any atom is -0.355 e. The van der Waals surface area contributed by atoms with Crippen molar-refractivity contribution in [3.05, 3.63) is 64.1 Å². The average Bonchev–Trinajstić information content (AvgIpc) is 2.90. The molecule has 0 aromatic heterocycles. The maximum atomic E-state index is 13.7. The van der Waals surface area contributed by atoms with Gasteiger partial charge in [0.2, 0.25) is 21.8 Å². The number of nitrogens with zero attached hydrogens (tertiary/aromatic N) is 2. The predicted octanol–water partition coefficient (Wildman–Crippen LogP) is 5.24. The molecular formula is C31H40BrN3O4S. The van der Waals surface area contributed by atoms with Crippen molar-refractivity contribution >= 4 is 43.5 Å². The van der Waals surface area contributed by atoms with Crippen molar-refractivity contribution in [1.82, 2.24) is 10.2 Å². The van der Waals surface area contributed by atoms with Crippen LogP contribution < -0.4 is 9.62 Å². The van der Waals surface area contributed by atoms with Crippen LogP contribution in [-0.2, 0) is 31.6 Å². The van der Waals surface area contributed by atoms with E-state index in [1.165, 1.54) is 49.0 Å². The number of likely N-dealkylation sites (N-methyl/N-ethyl adjacent to an activating group) is 1. The number of hydrogen-bond acceptors (Lipinski definition) is 4. The maximum absolute atomic E-state index is 13.7. The fourth-order valence-electron chi connectivity index (χ4n) is 7.75. The van der Waals surface area contributed by atoms with E-state index in [9.17, 15) is 18.0 Å². The zero-order valence-electron chi connectivity index (χ0n) is 23.6. The lowest BCUT2D eigenvalue weighted by Gasteiger charge is -2.57. The fraction of sp³-hybridized carbons (Fsp3) is 0.548. The van der Waals surface area contributed by atoms with Gasteiger partial charge in [-0.15, -0.1) is 0 Å². The van der Waals surface area contributed by atoms with Crippen LogP contribution in [-0.4, -0.2) is 50.5 Å². The molecule has 4 bridgehead atoms. The summed E-state index contributed by atoms with van der Waals surface area (Å²) >= 11 is 3.43. The van der Waals surface area contributed by atoms with Gasteiger partial charge in [-0.05, 0) is 111 Å². The number of sulfonamides is 1. The summed E-state index contributed by atoms with van der Waals surface area (Å²) in [6.07, 6.45) is 8.92. The molecule has 4 aliphatic rings. The average molecular weight is 631 g/mol. The van der Waals surface area contributed by atoms with E-state index >= 15 is 0 Å². The van der Waals surface area contributed by atoms with E-state index in [1.54, 1.807) is 6.92 Å². The first-order chi connectivity index (χ1) is 19.0. The number of carbonyl (C=O) groups excluding carboxylic acids is 2. The van der Waals surface area contributed by atoms with Gasteiger partial charge in [0, 0.05) is 17.6 Å². The Morgan fingerprint density at radius 3 is 2.02 bits per heavy atom. The quantitative estimate of drug-likeness (QED) is 0.390. The maximum Gasteiger partial charge on any atom is 0.244 e. The second-order valence-corrected chi connectivity index (χ2v) is 15.1. The van der Waals surface area contributed by atoms with Crippen LogP contribution in [0.1, 0.15) is 63.5 Å². The van der Waals surface area contributed by atoms with Crippen LogP contribution in [0.3, 0.4) is 0 Å². The fourth-order valence-corrected chi connectivity index (χ4v) is 8.86. The highest BCUT2D eigenvalue weighted by Crippen LogP contribution is 2.60. The third kappa shape index (κ3) is 6.10. The molecule has 2 aromatic carbocycles. The molecule has 1 atom stereocenters. The lowest BCUT2D eigenvalue weighted by Crippen LogP contribution is -2.51. The summed E-state index contributed by atoms with van der Waals surface area (Å²) in [5.74, 6) is 1.75. The summed E-state index contributed by atoms with van der Waals surface area (Å²) in [6, 6.07) is 14.6. The Hall–Kier alpha value is -2.39. The van der Waals surface area contributed by atoms with Crippen LogP contribution in [0.25, 0.3) is 0 Å². The Kier molecular flexibility index (Phi) is 8.35. The number of carbonyl (C=O) groups is 2. The van der Waals surface area contributed by atoms with Gasteiger partial charge in [0.15, 0.2) is 0 Å². The minimum atomic E-state index is -3.76. The van der Waals surface area contributed by atoms with Crippen molar-refractivity contribution in [3.63, 3.8) is 0 Å². The predicted molar refractivity (Wildman–Crippen MR) is 161 cm³/mol. The van der Waals surface area contributed by atoms with Crippen LogP contribution >= 0.6 is 15.9 Å². The monoisotopic (exact) mass is 629 g/mol. The van der Waals surface area contributed by atoms with E-state index < -0.39 is 22.0 Å². The number of benzene rings is 2. The van der Waals surface area contributed by atoms with Gasteiger partial charge in [-0.1, -0.05) is 40.2 Å². The number of amides is 2. The molecule has 0 radical (unpaired) electrons. The van der Waals surface area contributed by atoms with Gasteiger partial charge in [0.05, 0.1) is 11.9 Å². The van der Waals surface area contributed by atoms with E-state index in [0.717, 1.165) is 38.4 Å². The molecule has 216 valence electrons. The van der Waals surface area contributed by atoms with Crippen molar-refractivity contribution < 1.29 is 18.0 Å². The SMILES string of the molecule is CCNC(=O)[C@H](C)N(Cc1ccc(Br)cc1)C(=O)CN(c1ccc(C23CC4CC(CC(C4)C2)C3)cc1)S(C)(=O)=O. The molecule has 4 saturated carbocycles. The third-order valence-electron chi connectivity index (χ3n) is 9.27. The summed E-state index contributed by atoms with van der Waals surface area (Å²) in [7, 11) is -3.76. The van der Waals surface area contributed by atoms with Gasteiger partial charge in [-0.3, -0.25) is 13.9 Å². The molecule has 4 aliphatic carbocycles. The third-order valence-corrected chi connectivity index (χ3v) is 10.9. The van der Waals surface area contributed by atoms with E-state index in [-0.39, 0.29) is 24.4 Å². The Morgan fingerprint density at radius 1 is 0.975 bits per heavy atom. The van der Waals surface area contributed by atoms with E-state index in [2.05, 4.69) is 33.4 Å². The highest BCUT2D eigenvalue weighted by molar-refractivity contribution is 9.10. The van der Waals surface area contributed by atoms with Crippen LogP contribution in [0.4, 0.5) is 5.69 Å². The number of halogens is 1. The van der Waals surface area contributed by atoms with Gasteiger partial charge >= 0.3 is 0 Å². The lowest BCUT2D eigenvalue weighted by molar-refractivity contribution is -0.139. The normalized spacial score (nSPS) is 25.9. The van der Waals surface area contributed by atoms with Crippen molar-refractivity contribution in [2.24, 2.45) is 17.8 Å². The topological polar surface area (TPSA) is 86.8 Å². The zero-order chi connectivity index (χ0) is 28.7. The van der Waals surface area contributed by atoms with Gasteiger partial charge in [0.25, 0.3) is 0 Å². The van der Waals surface area contributed by atoms with Gasteiger partial charge in [0.1, 0.15) is 12.6 Å². The standard InChI is InChI=1S/C31H40BrN3O4S/c1-4-33-30(37)21(2)34(19-22-5-9-27(32)10-6-22)29(36)20-35(40(3,38)39)28-11-7-26(8-12-28)31-16-23-13-24(17-31)15-25(14-23)18-31/h5-12,21,23-25H,4,13-20H2,1-3H3,(H,33,37)/t21-,23?,24?,25?,31?/m0/s1. The smallest absolute Gasteiger partial charge is 0.244 e. The molecule has 6 rings (SSSR count). The van der Waals surface area contributed by atoms with Crippen molar-refractivity contribution in [3.8, 4) is 0 Å². The van der Waals surface area contributed by atoms with Gasteiger partial charge in [-0.2, -0.15) is 0 Å². The summed E-state index contributed by atoms with van der Waals surface area (Å²) < 4.78 is 28.0. The largest absolute Gasteiger partial charge is 0.355 e. The Balaban J connectivity index is 1.38. The van der Waals surface area contributed by atoms with Gasteiger partial charge in [-0.25, -0.2) is 8.42 Å². The lowest BCUT2D eigenvalue weighted by atomic mass is 9.48. The first-order valence-electron chi connectivity index (χ1n) is 14.4. The molecule has 0 unspecified atom stereocenters. The number of nitrogens with one attached hydrogen (secondary N) is 1. The molecule has 2 aromatic rings. The molecule has 1 N–H and O–H groups in total. The number of rotatable bonds is 10. The zero-order valence-corrected chi connectivity index (χ0v) is 26.0. The molecule has 40 heavy (non-hydrogen) atoms.